The van der Waals surface area contributed by atoms with Crippen LogP contribution in [0.2, 0.25) is 5.02 Å². The van der Waals surface area contributed by atoms with Crippen LogP contribution < -0.4 is 16.0 Å². The smallest absolute Gasteiger partial charge is 0.343 e. The number of nitrogens with zero attached hydrogens (tertiary/aromatic N) is 9. The summed E-state index contributed by atoms with van der Waals surface area (Å²) < 4.78 is 41.6. The lowest BCUT2D eigenvalue weighted by Gasteiger charge is -2.43. The van der Waals surface area contributed by atoms with Crippen LogP contribution in [0.5, 0.6) is 0 Å². The standard InChI is InChI=1S/C72H112ClF3N12O12/c1-14-46(5)61-68(98)82(9)43-59(91)80(7)44-60(92)84(11)55(40-47-26-19-16-20-27-47)66(96)81(8)42-57(89)77-52(34-32-48-31-33-50(51(73)39-48)72(74,75)76)65(95)88-37-25-30-53(88)64(94)79-71(6,15-2)70(100)86(13)62(49-28-21-17-22-29-49)69(99)85(12)56(67(97)87-35-23-18-24-36-87)41-58(90)83(10)54(38-45(3)4)63(93)78-61/h31,33,39,45-47,49,52-56,61-62H,14-30,32,34-38,40-44H2,1-13H3,(H,77,89)(H,78,93)(H,79,94)/t46-,52-,53?,54-,55-,56-,61-,62-,71-/m0/s1. The summed E-state index contributed by atoms with van der Waals surface area (Å²) in [6, 6.07) is -5.63. The minimum atomic E-state index is -4.76. The van der Waals surface area contributed by atoms with E-state index in [1.807, 2.05) is 20.8 Å². The Bertz CT molecular complexity index is 3090. The Balaban J connectivity index is 1.43. The molecule has 9 atom stereocenters. The van der Waals surface area contributed by atoms with Crippen molar-refractivity contribution in [1.29, 1.82) is 0 Å². The third kappa shape index (κ3) is 21.1. The van der Waals surface area contributed by atoms with Crippen molar-refractivity contribution in [3.05, 3.63) is 34.3 Å². The van der Waals surface area contributed by atoms with E-state index in [2.05, 4.69) is 16.0 Å². The number of carbonyl (C=O) groups excluding carboxylic acids is 12. The molecule has 100 heavy (non-hydrogen) atoms. The van der Waals surface area contributed by atoms with Gasteiger partial charge < -0.3 is 60.0 Å². The van der Waals surface area contributed by atoms with Crippen molar-refractivity contribution in [3.63, 3.8) is 0 Å². The number of hydrogen-bond donors (Lipinski definition) is 3. The van der Waals surface area contributed by atoms with E-state index in [4.69, 9.17) is 11.6 Å². The summed E-state index contributed by atoms with van der Waals surface area (Å²) in [5.74, 6) is -8.97. The zero-order valence-corrected chi connectivity index (χ0v) is 62.1. The molecule has 560 valence electrons. The molecule has 0 aromatic heterocycles. The van der Waals surface area contributed by atoms with Crippen molar-refractivity contribution < 1.29 is 70.7 Å². The van der Waals surface area contributed by atoms with Crippen molar-refractivity contribution in [3.8, 4) is 0 Å². The van der Waals surface area contributed by atoms with Gasteiger partial charge in [-0.05, 0) is 125 Å². The minimum Gasteiger partial charge on any atom is -0.343 e. The van der Waals surface area contributed by atoms with Crippen LogP contribution in [-0.2, 0) is 70.1 Å². The van der Waals surface area contributed by atoms with Crippen molar-refractivity contribution >= 4 is 82.5 Å². The number of alkyl halides is 3. The van der Waals surface area contributed by atoms with Crippen molar-refractivity contribution in [1.82, 2.24) is 60.0 Å². The number of benzene rings is 1. The molecule has 1 aromatic rings. The van der Waals surface area contributed by atoms with Gasteiger partial charge in [-0.15, -0.1) is 0 Å². The Morgan fingerprint density at radius 1 is 0.630 bits per heavy atom. The van der Waals surface area contributed by atoms with Crippen LogP contribution in [0.3, 0.4) is 0 Å². The Hall–Kier alpha value is -7.06. The number of aryl methyl sites for hydroxylation is 1. The number of hydrogen-bond acceptors (Lipinski definition) is 12. The topological polar surface area (TPSA) is 270 Å². The number of amides is 12. The predicted molar refractivity (Wildman–Crippen MR) is 371 cm³/mol. The van der Waals surface area contributed by atoms with E-state index in [1.54, 1.807) is 18.7 Å². The molecule has 3 N–H and O–H groups in total. The molecule has 2 aliphatic carbocycles. The molecule has 12 amide bonds. The largest absolute Gasteiger partial charge is 0.417 e. The van der Waals surface area contributed by atoms with Gasteiger partial charge in [-0.25, -0.2) is 0 Å². The number of likely N-dealkylation sites (tertiary alicyclic amines) is 1. The molecular weight excluding hydrogens is 1320 g/mol. The van der Waals surface area contributed by atoms with Crippen LogP contribution in [0.25, 0.3) is 0 Å². The Morgan fingerprint density at radius 3 is 1.81 bits per heavy atom. The van der Waals surface area contributed by atoms with Crippen LogP contribution in [-0.4, -0.2) is 251 Å². The quantitative estimate of drug-likeness (QED) is 0.209. The summed E-state index contributed by atoms with van der Waals surface area (Å²) in [7, 11) is 9.93. The molecule has 0 spiro atoms. The summed E-state index contributed by atoms with van der Waals surface area (Å²) in [5, 5.41) is 8.01. The molecule has 5 fully saturated rings. The highest BCUT2D eigenvalue weighted by Crippen LogP contribution is 2.37. The first-order chi connectivity index (χ1) is 47.0. The number of likely N-dealkylation sites (N-methyl/N-ethyl adjacent to an activating group) is 7. The molecule has 3 saturated heterocycles. The maximum absolute atomic E-state index is 15.7. The fourth-order valence-corrected chi connectivity index (χ4v) is 15.2. The second kappa shape index (κ2) is 36.7. The summed E-state index contributed by atoms with van der Waals surface area (Å²) in [4.78, 5) is 190. The molecule has 1 unspecified atom stereocenters. The number of rotatable bonds is 12. The first-order valence-corrected chi connectivity index (χ1v) is 36.6. The second-order valence-electron chi connectivity index (χ2n) is 29.6. The third-order valence-corrected chi connectivity index (χ3v) is 22.0. The summed E-state index contributed by atoms with van der Waals surface area (Å²) in [6.07, 6.45) is 5.54. The molecule has 24 nitrogen and oxygen atoms in total. The zero-order chi connectivity index (χ0) is 74.2. The van der Waals surface area contributed by atoms with Crippen LogP contribution in [0, 0.1) is 23.7 Å². The van der Waals surface area contributed by atoms with Crippen LogP contribution in [0.1, 0.15) is 188 Å². The van der Waals surface area contributed by atoms with E-state index < -0.39 is 173 Å². The fraction of sp³-hybridized carbons (Fsp3) is 0.750. The van der Waals surface area contributed by atoms with Gasteiger partial charge in [-0.1, -0.05) is 110 Å². The Labute approximate surface area is 594 Å². The second-order valence-corrected chi connectivity index (χ2v) is 30.0. The Kier molecular flexibility index (Phi) is 30.1. The highest BCUT2D eigenvalue weighted by molar-refractivity contribution is 6.31. The number of nitrogens with one attached hydrogen (secondary N) is 3. The van der Waals surface area contributed by atoms with Crippen molar-refractivity contribution in [2.45, 2.75) is 237 Å². The van der Waals surface area contributed by atoms with Gasteiger partial charge in [0.25, 0.3) is 0 Å². The summed E-state index contributed by atoms with van der Waals surface area (Å²) in [6.45, 7) is 9.61. The Morgan fingerprint density at radius 2 is 1.22 bits per heavy atom. The van der Waals surface area contributed by atoms with Gasteiger partial charge in [-0.3, -0.25) is 57.5 Å². The number of halogens is 4. The number of carbonyl (C=O) groups is 12. The van der Waals surface area contributed by atoms with Crippen LogP contribution in [0.4, 0.5) is 13.2 Å². The fourth-order valence-electron chi connectivity index (χ4n) is 14.9. The van der Waals surface area contributed by atoms with E-state index >= 15 is 24.0 Å². The van der Waals surface area contributed by atoms with E-state index in [1.165, 1.54) is 86.8 Å². The average molecular weight is 1430 g/mol. The molecule has 3 heterocycles. The SMILES string of the molecule is CC[C@H](C)[C@@H]1NC(=O)[C@H](CC(C)C)N(C)C(=O)C[C@@H](C(=O)N2CCCCC2)N(C)C(=O)[C@H](C2CCCCC2)N(C)C(=O)[C@](C)(CC)NC(=O)C2CCCN2C(=O)[C@H](CCc2ccc(C(F)(F)F)c(Cl)c2)NC(=O)CN(C)C(=O)[C@H](CC2CCCCC2)N(C)C(=O)CN(C)C(=O)CN(C)C1=O. The molecule has 2 saturated carbocycles. The zero-order valence-electron chi connectivity index (χ0n) is 61.3. The maximum Gasteiger partial charge on any atom is 0.417 e. The van der Waals surface area contributed by atoms with Gasteiger partial charge in [0.2, 0.25) is 70.9 Å². The first kappa shape index (κ1) is 81.9. The minimum absolute atomic E-state index is 0.00220. The summed E-state index contributed by atoms with van der Waals surface area (Å²) >= 11 is 6.15. The van der Waals surface area contributed by atoms with Crippen molar-refractivity contribution in [2.24, 2.45) is 23.7 Å². The van der Waals surface area contributed by atoms with Gasteiger partial charge in [0.15, 0.2) is 0 Å². The molecule has 3 aliphatic heterocycles. The van der Waals surface area contributed by atoms with Gasteiger partial charge in [0.05, 0.1) is 36.6 Å². The first-order valence-electron chi connectivity index (χ1n) is 36.2. The molecule has 6 rings (SSSR count). The van der Waals surface area contributed by atoms with Gasteiger partial charge in [0, 0.05) is 69.0 Å². The normalized spacial score (nSPS) is 27.2. The predicted octanol–water partition coefficient (Wildman–Crippen LogP) is 6.28. The molecule has 5 aliphatic rings. The lowest BCUT2D eigenvalue weighted by atomic mass is 9.81. The van der Waals surface area contributed by atoms with Crippen molar-refractivity contribution in [2.75, 3.05) is 88.6 Å². The molecule has 28 heteroatoms. The van der Waals surface area contributed by atoms with E-state index in [9.17, 15) is 46.7 Å². The lowest BCUT2D eigenvalue weighted by molar-refractivity contribution is -0.157. The number of fused-ring (bicyclic) bond motifs is 1. The molecule has 0 radical (unpaired) electrons. The lowest BCUT2D eigenvalue weighted by Crippen LogP contribution is -2.65. The highest BCUT2D eigenvalue weighted by Gasteiger charge is 2.49. The van der Waals surface area contributed by atoms with Gasteiger partial charge in [0.1, 0.15) is 47.8 Å². The van der Waals surface area contributed by atoms with Crippen LogP contribution >= 0.6 is 11.6 Å². The van der Waals surface area contributed by atoms with E-state index in [-0.39, 0.29) is 56.9 Å². The molecule has 1 aromatic carbocycles. The van der Waals surface area contributed by atoms with Crippen LogP contribution in [0.15, 0.2) is 18.2 Å². The van der Waals surface area contributed by atoms with Gasteiger partial charge in [-0.2, -0.15) is 13.2 Å². The third-order valence-electron chi connectivity index (χ3n) is 21.7. The number of piperidine rings is 1. The van der Waals surface area contributed by atoms with E-state index in [0.29, 0.717) is 57.2 Å². The highest BCUT2D eigenvalue weighted by atomic mass is 35.5. The average Bonchev–Trinajstić information content (AvgIpc) is 1.03. The molecule has 0 bridgehead atoms. The monoisotopic (exact) mass is 1430 g/mol. The van der Waals surface area contributed by atoms with E-state index in [0.717, 1.165) is 84.6 Å². The maximum atomic E-state index is 15.7. The van der Waals surface area contributed by atoms with Gasteiger partial charge >= 0.3 is 6.18 Å². The summed E-state index contributed by atoms with van der Waals surface area (Å²) in [5.41, 5.74) is -2.50. The molecular formula is C72H112ClF3N12O12.